The summed E-state index contributed by atoms with van der Waals surface area (Å²) in [6.07, 6.45) is 0. The summed E-state index contributed by atoms with van der Waals surface area (Å²) in [7, 11) is 0. The normalized spacial score (nSPS) is 14.8. The quantitative estimate of drug-likeness (QED) is 0.512. The average Bonchev–Trinajstić information content (AvgIpc) is 1.60. The zero-order valence-electron chi connectivity index (χ0n) is 6.51. The molecule has 10 heavy (non-hydrogen) atoms. The molecule has 0 saturated carbocycles. The van der Waals surface area contributed by atoms with Gasteiger partial charge in [-0.15, -0.1) is 0 Å². The van der Waals surface area contributed by atoms with E-state index in [0.29, 0.717) is 0 Å². The molecule has 0 saturated heterocycles. The molecule has 0 radical (unpaired) electrons. The van der Waals surface area contributed by atoms with E-state index in [1.165, 1.54) is 0 Å². The van der Waals surface area contributed by atoms with E-state index in [4.69, 9.17) is 5.73 Å². The van der Waals surface area contributed by atoms with Crippen LogP contribution < -0.4 is 10.5 Å². The van der Waals surface area contributed by atoms with Crippen LogP contribution in [0, 0.1) is 5.41 Å². The van der Waals surface area contributed by atoms with E-state index in [2.05, 4.69) is 17.5 Å². The predicted molar refractivity (Wildman–Crippen MR) is 44.6 cm³/mol. The van der Waals surface area contributed by atoms with Crippen molar-refractivity contribution >= 4 is 18.7 Å². The van der Waals surface area contributed by atoms with Crippen molar-refractivity contribution in [2.45, 2.75) is 26.8 Å². The van der Waals surface area contributed by atoms with Crippen LogP contribution in [-0.2, 0) is 4.79 Å². The number of rotatable bonds is 2. The van der Waals surface area contributed by atoms with E-state index < -0.39 is 0 Å². The Morgan fingerprint density at radius 1 is 1.60 bits per heavy atom. The lowest BCUT2D eigenvalue weighted by atomic mass is 9.87. The predicted octanol–water partition coefficient (Wildman–Crippen LogP) is 0.321. The Balaban J connectivity index is 4.22. The van der Waals surface area contributed by atoms with Gasteiger partial charge in [-0.3, -0.25) is 9.52 Å². The maximum Gasteiger partial charge on any atom is 0.235 e. The fourth-order valence-corrected chi connectivity index (χ4v) is 1.20. The van der Waals surface area contributed by atoms with Crippen molar-refractivity contribution in [3.63, 3.8) is 0 Å². The van der Waals surface area contributed by atoms with Gasteiger partial charge in [-0.1, -0.05) is 33.6 Å². The maximum atomic E-state index is 10.7. The standard InChI is InChI=1S/C6H14N2OS/c1-6(2,3)4(8-10)5(7)9/h4,8,10H,1-3H3,(H2,7,9)/t4-/m0/s1. The highest BCUT2D eigenvalue weighted by Gasteiger charge is 2.27. The zero-order chi connectivity index (χ0) is 8.36. The largest absolute Gasteiger partial charge is 0.368 e. The smallest absolute Gasteiger partial charge is 0.235 e. The first-order valence-electron chi connectivity index (χ1n) is 3.08. The van der Waals surface area contributed by atoms with E-state index in [1.54, 1.807) is 0 Å². The number of hydrogen-bond donors (Lipinski definition) is 3. The molecule has 0 aromatic heterocycles. The topological polar surface area (TPSA) is 55.1 Å². The molecule has 60 valence electrons. The van der Waals surface area contributed by atoms with Crippen LogP contribution in [0.5, 0.6) is 0 Å². The maximum absolute atomic E-state index is 10.7. The van der Waals surface area contributed by atoms with Gasteiger partial charge in [-0.25, -0.2) is 0 Å². The molecular weight excluding hydrogens is 148 g/mol. The second-order valence-corrected chi connectivity index (χ2v) is 3.59. The van der Waals surface area contributed by atoms with Gasteiger partial charge in [0.05, 0.1) is 0 Å². The van der Waals surface area contributed by atoms with Gasteiger partial charge in [0, 0.05) is 0 Å². The van der Waals surface area contributed by atoms with Gasteiger partial charge in [-0.05, 0) is 5.41 Å². The molecule has 1 amide bonds. The lowest BCUT2D eigenvalue weighted by Crippen LogP contribution is -2.46. The van der Waals surface area contributed by atoms with Crippen LogP contribution in [0.4, 0.5) is 0 Å². The van der Waals surface area contributed by atoms with Crippen LogP contribution >= 0.6 is 12.8 Å². The summed E-state index contributed by atoms with van der Waals surface area (Å²) in [5.74, 6) is -0.373. The van der Waals surface area contributed by atoms with Crippen molar-refractivity contribution in [3.05, 3.63) is 0 Å². The van der Waals surface area contributed by atoms with Gasteiger partial charge in [0.15, 0.2) is 0 Å². The number of hydrogen-bond acceptors (Lipinski definition) is 3. The lowest BCUT2D eigenvalue weighted by molar-refractivity contribution is -0.121. The number of nitrogens with two attached hydrogens (primary N) is 1. The van der Waals surface area contributed by atoms with Gasteiger partial charge in [0.25, 0.3) is 0 Å². The molecule has 0 bridgehead atoms. The zero-order valence-corrected chi connectivity index (χ0v) is 7.40. The Bertz CT molecular complexity index is 130. The molecule has 0 aromatic carbocycles. The summed E-state index contributed by atoms with van der Waals surface area (Å²) >= 11 is 3.80. The number of carbonyl (C=O) groups is 1. The SMILES string of the molecule is CC(C)(C)[C@@H](NS)C(N)=O. The summed E-state index contributed by atoms with van der Waals surface area (Å²) in [5, 5.41) is 0. The first-order chi connectivity index (χ1) is 4.39. The summed E-state index contributed by atoms with van der Waals surface area (Å²) in [5.41, 5.74) is 4.91. The molecule has 0 heterocycles. The molecular formula is C6H14N2OS. The van der Waals surface area contributed by atoms with Crippen LogP contribution in [0.1, 0.15) is 20.8 Å². The summed E-state index contributed by atoms with van der Waals surface area (Å²) in [6.45, 7) is 5.77. The minimum Gasteiger partial charge on any atom is -0.368 e. The molecule has 0 rings (SSSR count). The summed E-state index contributed by atoms with van der Waals surface area (Å²) < 4.78 is 2.56. The van der Waals surface area contributed by atoms with Crippen molar-refractivity contribution in [3.8, 4) is 0 Å². The first kappa shape index (κ1) is 9.78. The van der Waals surface area contributed by atoms with E-state index in [1.807, 2.05) is 20.8 Å². The lowest BCUT2D eigenvalue weighted by Gasteiger charge is -2.26. The van der Waals surface area contributed by atoms with Crippen molar-refractivity contribution in [2.24, 2.45) is 11.1 Å². The Labute approximate surface area is 66.9 Å². The molecule has 3 nitrogen and oxygen atoms in total. The van der Waals surface area contributed by atoms with Crippen LogP contribution in [0.25, 0.3) is 0 Å². The van der Waals surface area contributed by atoms with Crippen LogP contribution in [0.15, 0.2) is 0 Å². The highest BCUT2D eigenvalue weighted by molar-refractivity contribution is 7.78. The molecule has 0 fully saturated rings. The minimum atomic E-state index is -0.379. The third-order valence-electron chi connectivity index (χ3n) is 1.28. The summed E-state index contributed by atoms with van der Waals surface area (Å²) in [4.78, 5) is 10.7. The fourth-order valence-electron chi connectivity index (χ4n) is 0.684. The molecule has 0 unspecified atom stereocenters. The number of primary amides is 1. The number of thiol groups is 1. The average molecular weight is 162 g/mol. The number of amides is 1. The van der Waals surface area contributed by atoms with Crippen LogP contribution in [0.2, 0.25) is 0 Å². The molecule has 3 N–H and O–H groups in total. The van der Waals surface area contributed by atoms with Crippen molar-refractivity contribution < 1.29 is 4.79 Å². The van der Waals surface area contributed by atoms with Gasteiger partial charge in [-0.2, -0.15) is 0 Å². The third-order valence-corrected chi connectivity index (χ3v) is 1.54. The Morgan fingerprint density at radius 3 is 2.00 bits per heavy atom. The number of nitrogens with one attached hydrogen (secondary N) is 1. The molecule has 1 atom stereocenters. The minimum absolute atomic E-state index is 0.173. The molecule has 0 aliphatic rings. The van der Waals surface area contributed by atoms with E-state index in [9.17, 15) is 4.79 Å². The Kier molecular flexibility index (Phi) is 3.18. The van der Waals surface area contributed by atoms with Crippen molar-refractivity contribution in [2.75, 3.05) is 0 Å². The van der Waals surface area contributed by atoms with Crippen molar-refractivity contribution in [1.29, 1.82) is 0 Å². The van der Waals surface area contributed by atoms with Crippen molar-refractivity contribution in [1.82, 2.24) is 4.72 Å². The van der Waals surface area contributed by atoms with Crippen LogP contribution in [0.3, 0.4) is 0 Å². The molecule has 4 heteroatoms. The second-order valence-electron chi connectivity index (χ2n) is 3.33. The second kappa shape index (κ2) is 3.25. The molecule has 0 aromatic rings. The Morgan fingerprint density at radius 2 is 2.00 bits per heavy atom. The molecule has 0 aliphatic heterocycles. The highest BCUT2D eigenvalue weighted by Crippen LogP contribution is 2.18. The van der Waals surface area contributed by atoms with E-state index in [-0.39, 0.29) is 17.4 Å². The third kappa shape index (κ3) is 2.58. The van der Waals surface area contributed by atoms with Gasteiger partial charge in [0.1, 0.15) is 6.04 Å². The molecule has 0 aliphatic carbocycles. The van der Waals surface area contributed by atoms with E-state index >= 15 is 0 Å². The number of carbonyl (C=O) groups excluding carboxylic acids is 1. The van der Waals surface area contributed by atoms with Gasteiger partial charge < -0.3 is 5.73 Å². The van der Waals surface area contributed by atoms with Crippen LogP contribution in [-0.4, -0.2) is 11.9 Å². The molecule has 0 spiro atoms. The monoisotopic (exact) mass is 162 g/mol. The highest BCUT2D eigenvalue weighted by atomic mass is 32.1. The Hall–Kier alpha value is -0.220. The van der Waals surface area contributed by atoms with Gasteiger partial charge in [0.2, 0.25) is 5.91 Å². The first-order valence-corrected chi connectivity index (χ1v) is 3.53. The summed E-state index contributed by atoms with van der Waals surface area (Å²) in [6, 6.07) is -0.379. The fraction of sp³-hybridized carbons (Fsp3) is 0.833. The van der Waals surface area contributed by atoms with E-state index in [0.717, 1.165) is 0 Å². The van der Waals surface area contributed by atoms with Gasteiger partial charge >= 0.3 is 0 Å².